The van der Waals surface area contributed by atoms with Crippen molar-refractivity contribution in [3.63, 3.8) is 0 Å². The lowest BCUT2D eigenvalue weighted by Crippen LogP contribution is -2.35. The van der Waals surface area contributed by atoms with Crippen molar-refractivity contribution in [2.45, 2.75) is 32.9 Å². The van der Waals surface area contributed by atoms with Crippen molar-refractivity contribution in [3.8, 4) is 0 Å². The average molecular weight is 300 g/mol. The Morgan fingerprint density at radius 3 is 2.63 bits per heavy atom. The van der Waals surface area contributed by atoms with Gasteiger partial charge in [0.25, 0.3) is 0 Å². The molecule has 1 N–H and O–H groups in total. The summed E-state index contributed by atoms with van der Waals surface area (Å²) in [4.78, 5) is 6.82. The normalized spacial score (nSPS) is 16.7. The van der Waals surface area contributed by atoms with Gasteiger partial charge in [-0.15, -0.1) is 0 Å². The van der Waals surface area contributed by atoms with Crippen LogP contribution in [0.5, 0.6) is 0 Å². The molecule has 1 aromatic rings. The molecule has 1 fully saturated rings. The molecule has 106 valence electrons. The van der Waals surface area contributed by atoms with E-state index < -0.39 is 0 Å². The number of hydrogen-bond donors (Lipinski definition) is 1. The highest BCUT2D eigenvalue weighted by atomic mass is 35.5. The third-order valence-corrected chi connectivity index (χ3v) is 4.23. The number of hydrogen-bond acceptors (Lipinski definition) is 4. The van der Waals surface area contributed by atoms with Crippen LogP contribution in [0.25, 0.3) is 0 Å². The van der Waals surface area contributed by atoms with Crippen molar-refractivity contribution in [2.24, 2.45) is 0 Å². The second kappa shape index (κ2) is 6.33. The van der Waals surface area contributed by atoms with Crippen LogP contribution in [0.2, 0.25) is 5.02 Å². The smallest absolute Gasteiger partial charge is 0.147 e. The van der Waals surface area contributed by atoms with Gasteiger partial charge in [0, 0.05) is 42.9 Å². The average Bonchev–Trinajstić information content (AvgIpc) is 2.37. The Balaban J connectivity index is 2.04. The van der Waals surface area contributed by atoms with E-state index in [9.17, 15) is 0 Å². The molecule has 1 aliphatic rings. The van der Waals surface area contributed by atoms with Crippen LogP contribution in [-0.4, -0.2) is 35.1 Å². The number of thioether (sulfide) groups is 1. The fraction of sp³-hybridized carbons (Fsp3) is 0.643. The van der Waals surface area contributed by atoms with Crippen LogP contribution in [0.3, 0.4) is 0 Å². The van der Waals surface area contributed by atoms with Gasteiger partial charge in [0.2, 0.25) is 0 Å². The maximum absolute atomic E-state index is 6.37. The fourth-order valence-electron chi connectivity index (χ4n) is 1.94. The van der Waals surface area contributed by atoms with Gasteiger partial charge in [0.1, 0.15) is 5.82 Å². The third kappa shape index (κ3) is 4.55. The molecule has 0 amide bonds. The van der Waals surface area contributed by atoms with Gasteiger partial charge in [-0.1, -0.05) is 11.6 Å². The number of halogens is 1. The van der Waals surface area contributed by atoms with Crippen molar-refractivity contribution in [1.82, 2.24) is 10.3 Å². The summed E-state index contributed by atoms with van der Waals surface area (Å²) >= 11 is 8.36. The quantitative estimate of drug-likeness (QED) is 0.928. The molecule has 0 spiro atoms. The maximum Gasteiger partial charge on any atom is 0.147 e. The zero-order valence-electron chi connectivity index (χ0n) is 11.9. The molecule has 0 aliphatic carbocycles. The number of anilines is 1. The zero-order chi connectivity index (χ0) is 13.9. The highest BCUT2D eigenvalue weighted by molar-refractivity contribution is 7.99. The summed E-state index contributed by atoms with van der Waals surface area (Å²) in [5, 5.41) is 4.21. The summed E-state index contributed by atoms with van der Waals surface area (Å²) in [6.45, 7) is 9.34. The summed E-state index contributed by atoms with van der Waals surface area (Å²) in [6, 6.07) is 2.03. The van der Waals surface area contributed by atoms with Gasteiger partial charge in [-0.3, -0.25) is 0 Å². The molecule has 19 heavy (non-hydrogen) atoms. The molecular weight excluding hydrogens is 278 g/mol. The zero-order valence-corrected chi connectivity index (χ0v) is 13.4. The van der Waals surface area contributed by atoms with E-state index in [1.165, 1.54) is 0 Å². The first-order valence-electron chi connectivity index (χ1n) is 6.68. The van der Waals surface area contributed by atoms with E-state index in [4.69, 9.17) is 11.6 Å². The van der Waals surface area contributed by atoms with Gasteiger partial charge < -0.3 is 10.2 Å². The van der Waals surface area contributed by atoms with Crippen molar-refractivity contribution < 1.29 is 0 Å². The minimum atomic E-state index is 0.106. The lowest BCUT2D eigenvalue weighted by Gasteiger charge is -2.28. The molecule has 0 bridgehead atoms. The monoisotopic (exact) mass is 299 g/mol. The van der Waals surface area contributed by atoms with Gasteiger partial charge in [-0.25, -0.2) is 4.98 Å². The molecule has 0 unspecified atom stereocenters. The number of aromatic nitrogens is 1. The van der Waals surface area contributed by atoms with E-state index in [0.717, 1.165) is 47.5 Å². The molecule has 1 aliphatic heterocycles. The summed E-state index contributed by atoms with van der Waals surface area (Å²) < 4.78 is 0. The third-order valence-electron chi connectivity index (χ3n) is 3.01. The first kappa shape index (κ1) is 14.9. The molecule has 1 saturated heterocycles. The number of pyridine rings is 1. The van der Waals surface area contributed by atoms with E-state index in [0.29, 0.717) is 0 Å². The van der Waals surface area contributed by atoms with Crippen LogP contribution in [0.4, 0.5) is 5.82 Å². The lowest BCUT2D eigenvalue weighted by atomic mass is 10.1. The van der Waals surface area contributed by atoms with E-state index in [-0.39, 0.29) is 5.54 Å². The van der Waals surface area contributed by atoms with Gasteiger partial charge in [-0.05, 0) is 32.4 Å². The predicted octanol–water partition coefficient (Wildman–Crippen LogP) is 3.18. The van der Waals surface area contributed by atoms with E-state index in [2.05, 4.69) is 36.0 Å². The van der Waals surface area contributed by atoms with Crippen molar-refractivity contribution in [1.29, 1.82) is 0 Å². The second-order valence-corrected chi connectivity index (χ2v) is 7.48. The molecule has 0 saturated carbocycles. The largest absolute Gasteiger partial charge is 0.354 e. The topological polar surface area (TPSA) is 28.2 Å². The molecule has 0 aromatic carbocycles. The first-order valence-corrected chi connectivity index (χ1v) is 8.21. The molecule has 0 radical (unpaired) electrons. The SMILES string of the molecule is CC(C)(C)NCc1cnc(N2CCSCC2)c(Cl)c1. The van der Waals surface area contributed by atoms with Gasteiger partial charge >= 0.3 is 0 Å². The summed E-state index contributed by atoms with van der Waals surface area (Å²) in [7, 11) is 0. The molecule has 0 atom stereocenters. The molecule has 2 heterocycles. The van der Waals surface area contributed by atoms with E-state index in [1.807, 2.05) is 24.0 Å². The van der Waals surface area contributed by atoms with Crippen molar-refractivity contribution in [2.75, 3.05) is 29.5 Å². The maximum atomic E-state index is 6.37. The molecule has 5 heteroatoms. The summed E-state index contributed by atoms with van der Waals surface area (Å²) in [5.74, 6) is 3.25. The second-order valence-electron chi connectivity index (χ2n) is 5.85. The Labute approximate surface area is 125 Å². The van der Waals surface area contributed by atoms with Crippen molar-refractivity contribution >= 4 is 29.2 Å². The molecule has 2 rings (SSSR count). The number of nitrogens with zero attached hydrogens (tertiary/aromatic N) is 2. The van der Waals surface area contributed by atoms with Gasteiger partial charge in [0.05, 0.1) is 5.02 Å². The van der Waals surface area contributed by atoms with Crippen LogP contribution in [-0.2, 0) is 6.54 Å². The van der Waals surface area contributed by atoms with E-state index in [1.54, 1.807) is 0 Å². The van der Waals surface area contributed by atoms with Crippen LogP contribution < -0.4 is 10.2 Å². The lowest BCUT2D eigenvalue weighted by molar-refractivity contribution is 0.424. The van der Waals surface area contributed by atoms with Crippen LogP contribution in [0.15, 0.2) is 12.3 Å². The Kier molecular flexibility index (Phi) is 4.98. The van der Waals surface area contributed by atoms with Crippen LogP contribution >= 0.6 is 23.4 Å². The standard InChI is InChI=1S/C14H22ClN3S/c1-14(2,3)17-10-11-8-12(15)13(16-9-11)18-4-6-19-7-5-18/h8-9,17H,4-7,10H2,1-3H3. The predicted molar refractivity (Wildman–Crippen MR) is 85.4 cm³/mol. The van der Waals surface area contributed by atoms with Crippen LogP contribution in [0.1, 0.15) is 26.3 Å². The minimum Gasteiger partial charge on any atom is -0.354 e. The molecule has 1 aromatic heterocycles. The molecular formula is C14H22ClN3S. The van der Waals surface area contributed by atoms with Crippen molar-refractivity contribution in [3.05, 3.63) is 22.8 Å². The summed E-state index contributed by atoms with van der Waals surface area (Å²) in [5.41, 5.74) is 1.24. The molecule has 3 nitrogen and oxygen atoms in total. The summed E-state index contributed by atoms with van der Waals surface area (Å²) in [6.07, 6.45) is 1.93. The number of rotatable bonds is 3. The van der Waals surface area contributed by atoms with E-state index >= 15 is 0 Å². The Morgan fingerprint density at radius 1 is 1.37 bits per heavy atom. The highest BCUT2D eigenvalue weighted by Gasteiger charge is 2.16. The fourth-order valence-corrected chi connectivity index (χ4v) is 3.15. The number of nitrogens with one attached hydrogen (secondary N) is 1. The Hall–Kier alpha value is -0.450. The highest BCUT2D eigenvalue weighted by Crippen LogP contribution is 2.26. The first-order chi connectivity index (χ1) is 8.96. The Bertz CT molecular complexity index is 425. The van der Waals surface area contributed by atoms with Crippen LogP contribution in [0, 0.1) is 0 Å². The van der Waals surface area contributed by atoms with Gasteiger partial charge in [0.15, 0.2) is 0 Å². The Morgan fingerprint density at radius 2 is 2.05 bits per heavy atom. The van der Waals surface area contributed by atoms with Gasteiger partial charge in [-0.2, -0.15) is 11.8 Å². The minimum absolute atomic E-state index is 0.106.